The number of hydrogen-bond donors (Lipinski definition) is 1. The van der Waals surface area contributed by atoms with Crippen molar-refractivity contribution in [3.8, 4) is 0 Å². The second-order valence-corrected chi connectivity index (χ2v) is 6.72. The van der Waals surface area contributed by atoms with Crippen LogP contribution in [-0.4, -0.2) is 29.2 Å². The summed E-state index contributed by atoms with van der Waals surface area (Å²) in [7, 11) is 0. The fourth-order valence-electron chi connectivity index (χ4n) is 2.92. The van der Waals surface area contributed by atoms with Crippen LogP contribution in [0.2, 0.25) is 0 Å². The maximum absolute atomic E-state index is 12.8. The molecular formula is C16H26N2O2. The second kappa shape index (κ2) is 5.81. The molecule has 1 saturated heterocycles. The van der Waals surface area contributed by atoms with Crippen molar-refractivity contribution in [2.24, 2.45) is 23.0 Å². The molecule has 0 saturated carbocycles. The van der Waals surface area contributed by atoms with Crippen LogP contribution in [0.4, 0.5) is 0 Å². The van der Waals surface area contributed by atoms with Crippen LogP contribution < -0.4 is 5.73 Å². The molecule has 0 radical (unpaired) electrons. The van der Waals surface area contributed by atoms with Gasteiger partial charge in [-0.05, 0) is 24.7 Å². The standard InChI is InChI=1S/C16H26N2O2/c1-7-12-8-13(11(3)19)18(9-12)15(20)14(10(2)17)16(4,5)6/h7,12-14H,1-2,8-9,17H2,3-6H3. The molecule has 0 aliphatic carbocycles. The van der Waals surface area contributed by atoms with Crippen molar-refractivity contribution < 1.29 is 9.59 Å². The van der Waals surface area contributed by atoms with E-state index in [1.165, 1.54) is 6.92 Å². The molecule has 4 heteroatoms. The number of hydrogen-bond acceptors (Lipinski definition) is 3. The Morgan fingerprint density at radius 1 is 1.40 bits per heavy atom. The molecule has 0 aromatic carbocycles. The molecule has 1 rings (SSSR count). The Hall–Kier alpha value is -1.58. The summed E-state index contributed by atoms with van der Waals surface area (Å²) in [5.41, 5.74) is 5.86. The summed E-state index contributed by atoms with van der Waals surface area (Å²) < 4.78 is 0. The highest BCUT2D eigenvalue weighted by atomic mass is 16.2. The first-order valence-corrected chi connectivity index (χ1v) is 6.97. The van der Waals surface area contributed by atoms with E-state index in [2.05, 4.69) is 13.2 Å². The maximum Gasteiger partial charge on any atom is 0.232 e. The van der Waals surface area contributed by atoms with Crippen LogP contribution in [0.25, 0.3) is 0 Å². The number of nitrogens with zero attached hydrogens (tertiary/aromatic N) is 1. The molecule has 20 heavy (non-hydrogen) atoms. The van der Waals surface area contributed by atoms with E-state index in [-0.39, 0.29) is 29.1 Å². The normalized spacial score (nSPS) is 24.3. The lowest BCUT2D eigenvalue weighted by Gasteiger charge is -2.34. The average Bonchev–Trinajstić information content (AvgIpc) is 2.70. The predicted octanol–water partition coefficient (Wildman–Crippen LogP) is 2.11. The quantitative estimate of drug-likeness (QED) is 0.801. The lowest BCUT2D eigenvalue weighted by molar-refractivity contribution is -0.142. The summed E-state index contributed by atoms with van der Waals surface area (Å²) in [6.45, 7) is 15.4. The Morgan fingerprint density at radius 2 is 1.95 bits per heavy atom. The highest BCUT2D eigenvalue weighted by Crippen LogP contribution is 2.34. The summed E-state index contributed by atoms with van der Waals surface area (Å²) in [6.07, 6.45) is 2.46. The summed E-state index contributed by atoms with van der Waals surface area (Å²) in [5, 5.41) is 0. The topological polar surface area (TPSA) is 63.4 Å². The molecule has 0 aromatic rings. The van der Waals surface area contributed by atoms with Crippen molar-refractivity contribution in [2.45, 2.75) is 40.2 Å². The van der Waals surface area contributed by atoms with Crippen molar-refractivity contribution in [3.63, 3.8) is 0 Å². The Labute approximate surface area is 121 Å². The van der Waals surface area contributed by atoms with Gasteiger partial charge < -0.3 is 10.6 Å². The second-order valence-electron chi connectivity index (χ2n) is 6.72. The number of nitrogens with two attached hydrogens (primary N) is 1. The minimum atomic E-state index is -0.479. The number of ketones is 1. The van der Waals surface area contributed by atoms with Crippen LogP contribution in [0.1, 0.15) is 34.1 Å². The van der Waals surface area contributed by atoms with Gasteiger partial charge in [-0.25, -0.2) is 0 Å². The summed E-state index contributed by atoms with van der Waals surface area (Å²) >= 11 is 0. The molecule has 0 bridgehead atoms. The van der Waals surface area contributed by atoms with Gasteiger partial charge in [0.2, 0.25) is 5.91 Å². The molecule has 0 spiro atoms. The SMILES string of the molecule is C=CC1CC(C(C)=O)N(C(=O)C(C(=C)N)C(C)(C)C)C1. The Balaban J connectivity index is 3.07. The molecule has 3 atom stereocenters. The zero-order valence-electron chi connectivity index (χ0n) is 13.0. The van der Waals surface area contributed by atoms with E-state index >= 15 is 0 Å². The first-order valence-electron chi connectivity index (χ1n) is 6.97. The van der Waals surface area contributed by atoms with Gasteiger partial charge in [-0.1, -0.05) is 33.4 Å². The monoisotopic (exact) mass is 278 g/mol. The van der Waals surface area contributed by atoms with Gasteiger partial charge in [0.1, 0.15) is 0 Å². The van der Waals surface area contributed by atoms with Gasteiger partial charge in [-0.15, -0.1) is 6.58 Å². The minimum Gasteiger partial charge on any atom is -0.402 e. The predicted molar refractivity (Wildman–Crippen MR) is 80.8 cm³/mol. The van der Waals surface area contributed by atoms with E-state index < -0.39 is 5.92 Å². The van der Waals surface area contributed by atoms with Crippen LogP contribution in [0.15, 0.2) is 24.9 Å². The van der Waals surface area contributed by atoms with Gasteiger partial charge in [-0.2, -0.15) is 0 Å². The molecular weight excluding hydrogens is 252 g/mol. The van der Waals surface area contributed by atoms with E-state index in [0.717, 1.165) is 0 Å². The van der Waals surface area contributed by atoms with Gasteiger partial charge in [0.15, 0.2) is 5.78 Å². The Morgan fingerprint density at radius 3 is 2.30 bits per heavy atom. The minimum absolute atomic E-state index is 0.0120. The summed E-state index contributed by atoms with van der Waals surface area (Å²) in [4.78, 5) is 26.2. The van der Waals surface area contributed by atoms with Crippen LogP contribution in [0.5, 0.6) is 0 Å². The van der Waals surface area contributed by atoms with E-state index in [1.807, 2.05) is 26.8 Å². The molecule has 1 heterocycles. The van der Waals surface area contributed by atoms with E-state index in [0.29, 0.717) is 18.7 Å². The number of carbonyl (C=O) groups excluding carboxylic acids is 2. The van der Waals surface area contributed by atoms with Crippen molar-refractivity contribution in [2.75, 3.05) is 6.54 Å². The first kappa shape index (κ1) is 16.5. The smallest absolute Gasteiger partial charge is 0.232 e. The number of carbonyl (C=O) groups is 2. The van der Waals surface area contributed by atoms with Gasteiger partial charge in [0.05, 0.1) is 12.0 Å². The summed E-state index contributed by atoms with van der Waals surface area (Å²) in [6, 6.07) is -0.366. The molecule has 1 fully saturated rings. The maximum atomic E-state index is 12.8. The molecule has 1 aliphatic rings. The van der Waals surface area contributed by atoms with Crippen molar-refractivity contribution in [3.05, 3.63) is 24.9 Å². The molecule has 3 unspecified atom stereocenters. The van der Waals surface area contributed by atoms with E-state index in [9.17, 15) is 9.59 Å². The lowest BCUT2D eigenvalue weighted by atomic mass is 9.78. The molecule has 1 aliphatic heterocycles. The van der Waals surface area contributed by atoms with Crippen molar-refractivity contribution in [1.82, 2.24) is 4.90 Å². The van der Waals surface area contributed by atoms with Crippen LogP contribution >= 0.6 is 0 Å². The molecule has 4 nitrogen and oxygen atoms in total. The van der Waals surface area contributed by atoms with Crippen molar-refractivity contribution in [1.29, 1.82) is 0 Å². The molecule has 1 amide bonds. The van der Waals surface area contributed by atoms with Crippen LogP contribution in [0.3, 0.4) is 0 Å². The third kappa shape index (κ3) is 3.30. The van der Waals surface area contributed by atoms with Gasteiger partial charge in [0, 0.05) is 12.2 Å². The number of rotatable bonds is 4. The van der Waals surface area contributed by atoms with E-state index in [4.69, 9.17) is 5.73 Å². The third-order valence-electron chi connectivity index (χ3n) is 3.90. The van der Waals surface area contributed by atoms with Gasteiger partial charge in [0.25, 0.3) is 0 Å². The zero-order chi connectivity index (χ0) is 15.7. The van der Waals surface area contributed by atoms with Crippen LogP contribution in [0, 0.1) is 17.3 Å². The third-order valence-corrected chi connectivity index (χ3v) is 3.90. The number of likely N-dealkylation sites (tertiary alicyclic amines) is 1. The Bertz CT molecular complexity index is 434. The fourth-order valence-corrected chi connectivity index (χ4v) is 2.92. The highest BCUT2D eigenvalue weighted by molar-refractivity contribution is 5.90. The molecule has 2 N–H and O–H groups in total. The zero-order valence-corrected chi connectivity index (χ0v) is 13.0. The number of Topliss-reactive ketones (excluding diaryl/α,β-unsaturated/α-hetero) is 1. The summed E-state index contributed by atoms with van der Waals surface area (Å²) in [5.74, 6) is -0.403. The fraction of sp³-hybridized carbons (Fsp3) is 0.625. The van der Waals surface area contributed by atoms with Gasteiger partial charge in [-0.3, -0.25) is 9.59 Å². The van der Waals surface area contributed by atoms with Crippen molar-refractivity contribution >= 4 is 11.7 Å². The highest BCUT2D eigenvalue weighted by Gasteiger charge is 2.42. The van der Waals surface area contributed by atoms with E-state index in [1.54, 1.807) is 4.90 Å². The number of amides is 1. The van der Waals surface area contributed by atoms with Gasteiger partial charge >= 0.3 is 0 Å². The first-order chi connectivity index (χ1) is 9.09. The van der Waals surface area contributed by atoms with Crippen LogP contribution in [-0.2, 0) is 9.59 Å². The Kier molecular flexibility index (Phi) is 4.79. The molecule has 112 valence electrons. The average molecular weight is 278 g/mol. The molecule has 0 aromatic heterocycles. The largest absolute Gasteiger partial charge is 0.402 e. The lowest BCUT2D eigenvalue weighted by Crippen LogP contribution is -2.47.